The minimum atomic E-state index is -0.480. The second-order valence-electron chi connectivity index (χ2n) is 5.07. The molecular weight excluding hydrogens is 384 g/mol. The average Bonchev–Trinajstić information content (AvgIpc) is 2.42. The fourth-order valence-corrected chi connectivity index (χ4v) is 3.13. The van der Waals surface area contributed by atoms with Gasteiger partial charge in [-0.2, -0.15) is 0 Å². The summed E-state index contributed by atoms with van der Waals surface area (Å²) in [5.74, 6) is 0.776. The third-order valence-electron chi connectivity index (χ3n) is 3.55. The molecule has 0 amide bonds. The maximum absolute atomic E-state index is 10.3. The number of fused-ring (bicyclic) bond motifs is 1. The molecule has 2 unspecified atom stereocenters. The van der Waals surface area contributed by atoms with Gasteiger partial charge in [0.15, 0.2) is 0 Å². The Morgan fingerprint density at radius 3 is 2.65 bits per heavy atom. The molecule has 0 radical (unpaired) electrons. The molecule has 0 aliphatic carbocycles. The number of aliphatic hydroxyl groups is 1. The van der Waals surface area contributed by atoms with Crippen LogP contribution in [0.4, 0.5) is 0 Å². The monoisotopic (exact) mass is 396 g/mol. The summed E-state index contributed by atoms with van der Waals surface area (Å²) in [7, 11) is 0. The molecule has 104 valence electrons. The van der Waals surface area contributed by atoms with Crippen molar-refractivity contribution in [2.45, 2.75) is 25.6 Å². The van der Waals surface area contributed by atoms with Crippen LogP contribution in [0.1, 0.15) is 35.3 Å². The molecule has 2 atom stereocenters. The van der Waals surface area contributed by atoms with Crippen LogP contribution in [0.2, 0.25) is 0 Å². The molecule has 1 heterocycles. The number of hydrogen-bond acceptors (Lipinski definition) is 2. The molecule has 2 aromatic rings. The first-order chi connectivity index (χ1) is 9.54. The van der Waals surface area contributed by atoms with E-state index in [4.69, 9.17) is 4.74 Å². The van der Waals surface area contributed by atoms with Gasteiger partial charge in [-0.3, -0.25) is 0 Å². The second-order valence-corrected chi connectivity index (χ2v) is 6.78. The molecular formula is C16H14Br2O2. The third kappa shape index (κ3) is 2.65. The number of aliphatic hydroxyl groups excluding tert-OH is 1. The van der Waals surface area contributed by atoms with Gasteiger partial charge in [0.2, 0.25) is 0 Å². The summed E-state index contributed by atoms with van der Waals surface area (Å²) < 4.78 is 8.04. The zero-order chi connectivity index (χ0) is 14.3. The standard InChI is InChI=1S/C16H14Br2O2/c1-9-2-5-15-11(6-9)14(19)8-16(20-15)10-3-4-12(17)13(18)7-10/h2-7,14,16,19H,8H2,1H3. The van der Waals surface area contributed by atoms with Gasteiger partial charge in [0, 0.05) is 20.9 Å². The van der Waals surface area contributed by atoms with Gasteiger partial charge in [-0.1, -0.05) is 17.7 Å². The molecule has 2 nitrogen and oxygen atoms in total. The van der Waals surface area contributed by atoms with Crippen molar-refractivity contribution in [2.75, 3.05) is 0 Å². The topological polar surface area (TPSA) is 29.5 Å². The number of hydrogen-bond donors (Lipinski definition) is 1. The largest absolute Gasteiger partial charge is 0.485 e. The minimum Gasteiger partial charge on any atom is -0.485 e. The van der Waals surface area contributed by atoms with Crippen LogP contribution in [-0.2, 0) is 0 Å². The van der Waals surface area contributed by atoms with Crippen molar-refractivity contribution in [2.24, 2.45) is 0 Å². The Hall–Kier alpha value is -0.840. The zero-order valence-corrected chi connectivity index (χ0v) is 14.1. The molecule has 0 spiro atoms. The Morgan fingerprint density at radius 1 is 1.10 bits per heavy atom. The fraction of sp³-hybridized carbons (Fsp3) is 0.250. The number of ether oxygens (including phenoxy) is 1. The van der Waals surface area contributed by atoms with Gasteiger partial charge < -0.3 is 9.84 Å². The SMILES string of the molecule is Cc1ccc2c(c1)C(O)CC(c1ccc(Br)c(Br)c1)O2. The van der Waals surface area contributed by atoms with Gasteiger partial charge in [-0.05, 0) is 68.6 Å². The van der Waals surface area contributed by atoms with Crippen LogP contribution < -0.4 is 4.74 Å². The Balaban J connectivity index is 1.94. The van der Waals surface area contributed by atoms with Crippen LogP contribution in [0.3, 0.4) is 0 Å². The van der Waals surface area contributed by atoms with E-state index < -0.39 is 6.10 Å². The highest BCUT2D eigenvalue weighted by Gasteiger charge is 2.28. The lowest BCUT2D eigenvalue weighted by Crippen LogP contribution is -2.19. The lowest BCUT2D eigenvalue weighted by molar-refractivity contribution is 0.0656. The molecule has 0 bridgehead atoms. The number of halogens is 2. The van der Waals surface area contributed by atoms with Crippen molar-refractivity contribution < 1.29 is 9.84 Å². The van der Waals surface area contributed by atoms with E-state index in [1.54, 1.807) is 0 Å². The van der Waals surface area contributed by atoms with E-state index in [1.165, 1.54) is 0 Å². The van der Waals surface area contributed by atoms with Gasteiger partial charge in [0.25, 0.3) is 0 Å². The van der Waals surface area contributed by atoms with E-state index >= 15 is 0 Å². The quantitative estimate of drug-likeness (QED) is 0.727. The molecule has 0 saturated heterocycles. The number of benzene rings is 2. The van der Waals surface area contributed by atoms with Crippen molar-refractivity contribution in [3.8, 4) is 5.75 Å². The predicted octanol–water partition coefficient (Wildman–Crippen LogP) is 5.08. The average molecular weight is 398 g/mol. The van der Waals surface area contributed by atoms with E-state index in [9.17, 15) is 5.11 Å². The molecule has 1 N–H and O–H groups in total. The van der Waals surface area contributed by atoms with E-state index in [1.807, 2.05) is 43.3 Å². The smallest absolute Gasteiger partial charge is 0.127 e. The molecule has 0 aromatic heterocycles. The van der Waals surface area contributed by atoms with Crippen molar-refractivity contribution in [3.63, 3.8) is 0 Å². The summed E-state index contributed by atoms with van der Waals surface area (Å²) in [6, 6.07) is 12.0. The van der Waals surface area contributed by atoms with Crippen LogP contribution in [0.5, 0.6) is 5.75 Å². The first-order valence-corrected chi connectivity index (χ1v) is 8.03. The van der Waals surface area contributed by atoms with Crippen LogP contribution in [0.25, 0.3) is 0 Å². The fourth-order valence-electron chi connectivity index (χ4n) is 2.48. The normalized spacial score (nSPS) is 21.2. The summed E-state index contributed by atoms with van der Waals surface area (Å²) in [5.41, 5.74) is 3.08. The molecule has 20 heavy (non-hydrogen) atoms. The van der Waals surface area contributed by atoms with Gasteiger partial charge in [-0.15, -0.1) is 0 Å². The highest BCUT2D eigenvalue weighted by Crippen LogP contribution is 2.41. The third-order valence-corrected chi connectivity index (χ3v) is 5.43. The molecule has 0 fully saturated rings. The molecule has 2 aromatic carbocycles. The summed E-state index contributed by atoms with van der Waals surface area (Å²) in [6.07, 6.45) is -0.0273. The Bertz CT molecular complexity index is 655. The maximum atomic E-state index is 10.3. The Labute approximate surface area is 135 Å². The summed E-state index contributed by atoms with van der Waals surface area (Å²) in [6.45, 7) is 2.02. The Kier molecular flexibility index (Phi) is 3.89. The van der Waals surface area contributed by atoms with Crippen molar-refractivity contribution >= 4 is 31.9 Å². The van der Waals surface area contributed by atoms with Crippen molar-refractivity contribution in [3.05, 3.63) is 62.0 Å². The van der Waals surface area contributed by atoms with Crippen LogP contribution in [0, 0.1) is 6.92 Å². The van der Waals surface area contributed by atoms with E-state index in [0.29, 0.717) is 6.42 Å². The lowest BCUT2D eigenvalue weighted by Gasteiger charge is -2.30. The zero-order valence-electron chi connectivity index (χ0n) is 10.9. The molecule has 4 heteroatoms. The maximum Gasteiger partial charge on any atom is 0.127 e. The van der Waals surface area contributed by atoms with E-state index in [-0.39, 0.29) is 6.10 Å². The second kappa shape index (κ2) is 5.51. The van der Waals surface area contributed by atoms with Gasteiger partial charge >= 0.3 is 0 Å². The van der Waals surface area contributed by atoms with Gasteiger partial charge in [-0.25, -0.2) is 0 Å². The summed E-state index contributed by atoms with van der Waals surface area (Å²) in [5, 5.41) is 10.3. The summed E-state index contributed by atoms with van der Waals surface area (Å²) in [4.78, 5) is 0. The van der Waals surface area contributed by atoms with Gasteiger partial charge in [0.1, 0.15) is 11.9 Å². The first kappa shape index (κ1) is 14.1. The van der Waals surface area contributed by atoms with Crippen molar-refractivity contribution in [1.29, 1.82) is 0 Å². The van der Waals surface area contributed by atoms with Crippen LogP contribution >= 0.6 is 31.9 Å². The molecule has 0 saturated carbocycles. The van der Waals surface area contributed by atoms with E-state index in [0.717, 1.165) is 31.4 Å². The minimum absolute atomic E-state index is 0.121. The lowest BCUT2D eigenvalue weighted by atomic mass is 9.94. The van der Waals surface area contributed by atoms with Crippen LogP contribution in [-0.4, -0.2) is 5.11 Å². The van der Waals surface area contributed by atoms with Crippen molar-refractivity contribution in [1.82, 2.24) is 0 Å². The molecule has 1 aliphatic heterocycles. The highest BCUT2D eigenvalue weighted by molar-refractivity contribution is 9.13. The first-order valence-electron chi connectivity index (χ1n) is 6.45. The Morgan fingerprint density at radius 2 is 1.90 bits per heavy atom. The van der Waals surface area contributed by atoms with Gasteiger partial charge in [0.05, 0.1) is 6.10 Å². The molecule has 3 rings (SSSR count). The predicted molar refractivity (Wildman–Crippen MR) is 86.0 cm³/mol. The van der Waals surface area contributed by atoms with E-state index in [2.05, 4.69) is 31.9 Å². The highest BCUT2D eigenvalue weighted by atomic mass is 79.9. The number of rotatable bonds is 1. The molecule has 1 aliphatic rings. The number of aryl methyl sites for hydroxylation is 1. The summed E-state index contributed by atoms with van der Waals surface area (Å²) >= 11 is 6.97. The van der Waals surface area contributed by atoms with Crippen LogP contribution in [0.15, 0.2) is 45.3 Å².